The molecule has 200 valence electrons. The third kappa shape index (κ3) is 5.91. The van der Waals surface area contributed by atoms with Gasteiger partial charge in [0.15, 0.2) is 0 Å². The SMILES string of the molecule is CCOC(=O)C1=C(C)N(Cc2ccc(C(=O)N3CCN(C(C)=O)CC3)cc2)C(=O)CC1c1cccc(Cl)c1. The molecule has 2 aromatic carbocycles. The highest BCUT2D eigenvalue weighted by molar-refractivity contribution is 6.30. The van der Waals surface area contributed by atoms with Crippen LogP contribution in [-0.4, -0.2) is 71.2 Å². The number of halogens is 1. The molecule has 2 aliphatic rings. The van der Waals surface area contributed by atoms with Gasteiger partial charge in [-0.1, -0.05) is 35.9 Å². The predicted molar refractivity (Wildman–Crippen MR) is 143 cm³/mol. The van der Waals surface area contributed by atoms with Crippen LogP contribution in [0.4, 0.5) is 0 Å². The van der Waals surface area contributed by atoms with E-state index in [-0.39, 0.29) is 37.3 Å². The number of carbonyl (C=O) groups excluding carboxylic acids is 4. The molecule has 2 heterocycles. The Morgan fingerprint density at radius 2 is 1.66 bits per heavy atom. The molecule has 3 amide bonds. The molecule has 1 atom stereocenters. The van der Waals surface area contributed by atoms with E-state index in [0.717, 1.165) is 11.1 Å². The highest BCUT2D eigenvalue weighted by atomic mass is 35.5. The van der Waals surface area contributed by atoms with Gasteiger partial charge in [0, 0.05) is 61.7 Å². The lowest BCUT2D eigenvalue weighted by atomic mass is 9.83. The van der Waals surface area contributed by atoms with Crippen LogP contribution >= 0.6 is 11.6 Å². The van der Waals surface area contributed by atoms with Crippen LogP contribution in [0.15, 0.2) is 59.8 Å². The Bertz CT molecular complexity index is 1270. The zero-order chi connectivity index (χ0) is 27.4. The predicted octanol–water partition coefficient (Wildman–Crippen LogP) is 4.00. The van der Waals surface area contributed by atoms with Crippen molar-refractivity contribution in [2.75, 3.05) is 32.8 Å². The quantitative estimate of drug-likeness (QED) is 0.520. The largest absolute Gasteiger partial charge is 0.463 e. The van der Waals surface area contributed by atoms with E-state index in [2.05, 4.69) is 0 Å². The molecule has 0 saturated carbocycles. The number of amides is 3. The molecule has 38 heavy (non-hydrogen) atoms. The van der Waals surface area contributed by atoms with Crippen LogP contribution in [0.2, 0.25) is 5.02 Å². The number of hydrogen-bond acceptors (Lipinski definition) is 5. The number of carbonyl (C=O) groups is 4. The van der Waals surface area contributed by atoms with Gasteiger partial charge in [-0.3, -0.25) is 14.4 Å². The second-order valence-electron chi connectivity index (χ2n) is 9.51. The number of ether oxygens (including phenoxy) is 1. The fraction of sp³-hybridized carbons (Fsp3) is 0.379. The topological polar surface area (TPSA) is 87.2 Å². The van der Waals surface area contributed by atoms with E-state index >= 15 is 0 Å². The molecule has 1 saturated heterocycles. The molecule has 0 aliphatic carbocycles. The molecule has 0 spiro atoms. The minimum absolute atomic E-state index is 0.0167. The summed E-state index contributed by atoms with van der Waals surface area (Å²) in [5.74, 6) is -1.07. The normalized spacial score (nSPS) is 18.1. The van der Waals surface area contributed by atoms with E-state index in [0.29, 0.717) is 48.0 Å². The molecule has 0 N–H and O–H groups in total. The molecule has 1 fully saturated rings. The number of piperazine rings is 1. The van der Waals surface area contributed by atoms with Crippen LogP contribution < -0.4 is 0 Å². The average molecular weight is 538 g/mol. The number of rotatable bonds is 6. The summed E-state index contributed by atoms with van der Waals surface area (Å²) in [6, 6.07) is 14.4. The molecule has 9 heteroatoms. The van der Waals surface area contributed by atoms with Crippen LogP contribution in [0.25, 0.3) is 0 Å². The number of nitrogens with zero attached hydrogens (tertiary/aromatic N) is 3. The Labute approximate surface area is 227 Å². The van der Waals surface area contributed by atoms with Crippen molar-refractivity contribution in [2.45, 2.75) is 39.7 Å². The minimum Gasteiger partial charge on any atom is -0.463 e. The van der Waals surface area contributed by atoms with Crippen LogP contribution in [-0.2, 0) is 25.7 Å². The third-order valence-corrected chi connectivity index (χ3v) is 7.36. The van der Waals surface area contributed by atoms with Gasteiger partial charge >= 0.3 is 5.97 Å². The lowest BCUT2D eigenvalue weighted by molar-refractivity contribution is -0.140. The Kier molecular flexibility index (Phi) is 8.52. The number of hydrogen-bond donors (Lipinski definition) is 0. The summed E-state index contributed by atoms with van der Waals surface area (Å²) in [5, 5.41) is 0.536. The van der Waals surface area contributed by atoms with Crippen molar-refractivity contribution >= 4 is 35.3 Å². The number of allylic oxidation sites excluding steroid dienone is 1. The second-order valence-corrected chi connectivity index (χ2v) is 9.94. The first kappa shape index (κ1) is 27.4. The first-order valence-corrected chi connectivity index (χ1v) is 13.1. The highest BCUT2D eigenvalue weighted by Gasteiger charge is 2.37. The Morgan fingerprint density at radius 1 is 1.00 bits per heavy atom. The summed E-state index contributed by atoms with van der Waals surface area (Å²) < 4.78 is 5.36. The van der Waals surface area contributed by atoms with Crippen molar-refractivity contribution in [3.05, 3.63) is 81.5 Å². The summed E-state index contributed by atoms with van der Waals surface area (Å²) in [6.45, 7) is 7.59. The summed E-state index contributed by atoms with van der Waals surface area (Å²) in [7, 11) is 0. The zero-order valence-electron chi connectivity index (χ0n) is 21.9. The van der Waals surface area contributed by atoms with E-state index in [1.807, 2.05) is 18.2 Å². The van der Waals surface area contributed by atoms with Crippen LogP contribution in [0.5, 0.6) is 0 Å². The van der Waals surface area contributed by atoms with Crippen LogP contribution in [0.3, 0.4) is 0 Å². The highest BCUT2D eigenvalue weighted by Crippen LogP contribution is 2.38. The van der Waals surface area contributed by atoms with Gasteiger partial charge < -0.3 is 19.4 Å². The Morgan fingerprint density at radius 3 is 2.26 bits per heavy atom. The molecule has 2 aliphatic heterocycles. The molecular weight excluding hydrogens is 506 g/mol. The average Bonchev–Trinajstić information content (AvgIpc) is 2.90. The monoisotopic (exact) mass is 537 g/mol. The Hall–Kier alpha value is -3.65. The van der Waals surface area contributed by atoms with Crippen molar-refractivity contribution in [2.24, 2.45) is 0 Å². The smallest absolute Gasteiger partial charge is 0.336 e. The van der Waals surface area contributed by atoms with Gasteiger partial charge in [0.1, 0.15) is 0 Å². The lowest BCUT2D eigenvalue weighted by Gasteiger charge is -2.35. The minimum atomic E-state index is -0.446. The van der Waals surface area contributed by atoms with Gasteiger partial charge in [0.05, 0.1) is 18.7 Å². The van der Waals surface area contributed by atoms with E-state index < -0.39 is 11.9 Å². The second kappa shape index (κ2) is 11.8. The molecule has 4 rings (SSSR count). The fourth-order valence-corrected chi connectivity index (χ4v) is 5.23. The summed E-state index contributed by atoms with van der Waals surface area (Å²) in [4.78, 5) is 55.8. The first-order chi connectivity index (χ1) is 18.2. The van der Waals surface area contributed by atoms with Gasteiger partial charge in [-0.05, 0) is 49.2 Å². The number of esters is 1. The van der Waals surface area contributed by atoms with E-state index in [4.69, 9.17) is 16.3 Å². The maximum absolute atomic E-state index is 13.3. The maximum atomic E-state index is 13.3. The molecule has 0 radical (unpaired) electrons. The molecule has 0 bridgehead atoms. The first-order valence-electron chi connectivity index (χ1n) is 12.8. The van der Waals surface area contributed by atoms with Crippen molar-refractivity contribution in [3.63, 3.8) is 0 Å². The van der Waals surface area contributed by atoms with Gasteiger partial charge in [0.25, 0.3) is 5.91 Å². The molecule has 8 nitrogen and oxygen atoms in total. The van der Waals surface area contributed by atoms with Crippen molar-refractivity contribution in [1.29, 1.82) is 0 Å². The van der Waals surface area contributed by atoms with Crippen molar-refractivity contribution < 1.29 is 23.9 Å². The molecule has 1 unspecified atom stereocenters. The maximum Gasteiger partial charge on any atom is 0.336 e. The van der Waals surface area contributed by atoms with E-state index in [1.54, 1.807) is 58.9 Å². The number of benzene rings is 2. The lowest BCUT2D eigenvalue weighted by Crippen LogP contribution is -2.50. The van der Waals surface area contributed by atoms with Gasteiger partial charge in [0.2, 0.25) is 11.8 Å². The van der Waals surface area contributed by atoms with E-state index in [1.165, 1.54) is 6.92 Å². The van der Waals surface area contributed by atoms with Crippen molar-refractivity contribution in [1.82, 2.24) is 14.7 Å². The standard InChI is InChI=1S/C29H32ClN3O5/c1-4-38-29(37)27-19(2)33(26(35)17-25(27)23-6-5-7-24(30)16-23)18-21-8-10-22(11-9-21)28(36)32-14-12-31(13-15-32)20(3)34/h5-11,16,25H,4,12-15,17-18H2,1-3H3. The van der Waals surface area contributed by atoms with Crippen molar-refractivity contribution in [3.8, 4) is 0 Å². The fourth-order valence-electron chi connectivity index (χ4n) is 5.03. The van der Waals surface area contributed by atoms with E-state index in [9.17, 15) is 19.2 Å². The van der Waals surface area contributed by atoms with Gasteiger partial charge in [-0.2, -0.15) is 0 Å². The summed E-state index contributed by atoms with van der Waals surface area (Å²) in [6.07, 6.45) is 0.120. The van der Waals surface area contributed by atoms with Crippen LogP contribution in [0.1, 0.15) is 54.6 Å². The molecular formula is C29H32ClN3O5. The molecule has 2 aromatic rings. The molecule has 0 aromatic heterocycles. The zero-order valence-corrected chi connectivity index (χ0v) is 22.7. The summed E-state index contributed by atoms with van der Waals surface area (Å²) >= 11 is 6.19. The van der Waals surface area contributed by atoms with Gasteiger partial charge in [-0.25, -0.2) is 4.79 Å². The summed E-state index contributed by atoms with van der Waals surface area (Å²) in [5.41, 5.74) is 3.17. The third-order valence-electron chi connectivity index (χ3n) is 7.12. The van der Waals surface area contributed by atoms with Crippen LogP contribution in [0, 0.1) is 0 Å². The van der Waals surface area contributed by atoms with Gasteiger partial charge in [-0.15, -0.1) is 0 Å². The Balaban J connectivity index is 1.53.